The molecule has 2 aliphatic rings. The number of nitrogens with zero attached hydrogens (tertiary/aromatic N) is 2. The highest BCUT2D eigenvalue weighted by Crippen LogP contribution is 2.18. The quantitative estimate of drug-likeness (QED) is 0.647. The minimum absolute atomic E-state index is 0.550. The van der Waals surface area contributed by atoms with Crippen molar-refractivity contribution in [2.75, 3.05) is 39.3 Å². The van der Waals surface area contributed by atoms with Crippen LogP contribution in [0.25, 0.3) is 0 Å². The van der Waals surface area contributed by atoms with E-state index in [1.807, 2.05) is 6.08 Å². The molecule has 1 atom stereocenters. The van der Waals surface area contributed by atoms with Crippen molar-refractivity contribution >= 4 is 0 Å². The number of likely N-dealkylation sites (tertiary alicyclic amines) is 1. The Morgan fingerprint density at radius 3 is 2.57 bits per heavy atom. The van der Waals surface area contributed by atoms with Crippen LogP contribution in [0.1, 0.15) is 6.92 Å². The summed E-state index contributed by atoms with van der Waals surface area (Å²) in [5.74, 6) is 0. The van der Waals surface area contributed by atoms with Crippen LogP contribution in [0.15, 0.2) is 12.7 Å². The van der Waals surface area contributed by atoms with E-state index in [1.54, 1.807) is 0 Å². The van der Waals surface area contributed by atoms with Crippen molar-refractivity contribution in [1.82, 2.24) is 15.1 Å². The Balaban J connectivity index is 1.73. The molecule has 3 heteroatoms. The van der Waals surface area contributed by atoms with Gasteiger partial charge in [0.15, 0.2) is 0 Å². The molecule has 1 unspecified atom stereocenters. The van der Waals surface area contributed by atoms with Crippen molar-refractivity contribution < 1.29 is 0 Å². The van der Waals surface area contributed by atoms with Crippen molar-refractivity contribution in [3.8, 4) is 0 Å². The van der Waals surface area contributed by atoms with E-state index >= 15 is 0 Å². The van der Waals surface area contributed by atoms with E-state index in [9.17, 15) is 0 Å². The molecular weight excluding hydrogens is 174 g/mol. The summed E-state index contributed by atoms with van der Waals surface area (Å²) in [6.07, 6.45) is 2.04. The van der Waals surface area contributed by atoms with Gasteiger partial charge in [0.05, 0.1) is 0 Å². The molecule has 1 N–H and O–H groups in total. The summed E-state index contributed by atoms with van der Waals surface area (Å²) in [5.41, 5.74) is 0. The highest BCUT2D eigenvalue weighted by Gasteiger charge is 2.33. The smallest absolute Gasteiger partial charge is 0.0351 e. The molecule has 0 spiro atoms. The van der Waals surface area contributed by atoms with Gasteiger partial charge in [-0.2, -0.15) is 0 Å². The number of rotatable bonds is 3. The third-order valence-electron chi connectivity index (χ3n) is 3.48. The molecule has 3 nitrogen and oxygen atoms in total. The summed E-state index contributed by atoms with van der Waals surface area (Å²) in [7, 11) is 0. The van der Waals surface area contributed by atoms with E-state index in [0.717, 1.165) is 19.1 Å². The first kappa shape index (κ1) is 10.1. The summed E-state index contributed by atoms with van der Waals surface area (Å²) >= 11 is 0. The molecule has 0 aromatic heterocycles. The second kappa shape index (κ2) is 4.43. The van der Waals surface area contributed by atoms with Gasteiger partial charge >= 0.3 is 0 Å². The van der Waals surface area contributed by atoms with Crippen LogP contribution in [-0.2, 0) is 0 Å². The highest BCUT2D eigenvalue weighted by molar-refractivity contribution is 4.96. The fourth-order valence-corrected chi connectivity index (χ4v) is 2.25. The minimum atomic E-state index is 0.550. The first-order valence-electron chi connectivity index (χ1n) is 5.62. The van der Waals surface area contributed by atoms with Crippen LogP contribution in [-0.4, -0.2) is 61.2 Å². The van der Waals surface area contributed by atoms with E-state index in [4.69, 9.17) is 0 Å². The van der Waals surface area contributed by atoms with Gasteiger partial charge in [-0.05, 0) is 6.92 Å². The van der Waals surface area contributed by atoms with Gasteiger partial charge in [0.25, 0.3) is 0 Å². The van der Waals surface area contributed by atoms with Crippen LogP contribution in [0.5, 0.6) is 0 Å². The molecule has 0 aromatic carbocycles. The largest absolute Gasteiger partial charge is 0.314 e. The van der Waals surface area contributed by atoms with E-state index in [-0.39, 0.29) is 0 Å². The Bertz CT molecular complexity index is 193. The maximum absolute atomic E-state index is 3.84. The molecule has 2 aliphatic heterocycles. The molecule has 2 saturated heterocycles. The van der Waals surface area contributed by atoms with Gasteiger partial charge in [0.1, 0.15) is 0 Å². The normalized spacial score (nSPS) is 28.4. The van der Waals surface area contributed by atoms with Gasteiger partial charge in [-0.25, -0.2) is 0 Å². The summed E-state index contributed by atoms with van der Waals surface area (Å²) < 4.78 is 0. The number of nitrogens with one attached hydrogen (secondary N) is 1. The SMILES string of the molecule is C=CC(C)N1CC(N2CCNCC2)C1. The molecule has 0 aromatic rings. The molecule has 0 bridgehead atoms. The first-order valence-corrected chi connectivity index (χ1v) is 5.62. The predicted octanol–water partition coefficient (Wildman–Crippen LogP) is 0.150. The summed E-state index contributed by atoms with van der Waals surface area (Å²) in [4.78, 5) is 5.10. The zero-order chi connectivity index (χ0) is 9.97. The topological polar surface area (TPSA) is 18.5 Å². The Labute approximate surface area is 86.8 Å². The number of hydrogen-bond donors (Lipinski definition) is 1. The van der Waals surface area contributed by atoms with Crippen LogP contribution in [0.4, 0.5) is 0 Å². The van der Waals surface area contributed by atoms with Gasteiger partial charge < -0.3 is 5.32 Å². The zero-order valence-electron chi connectivity index (χ0n) is 9.08. The predicted molar refractivity (Wildman–Crippen MR) is 59.5 cm³/mol. The van der Waals surface area contributed by atoms with E-state index in [0.29, 0.717) is 6.04 Å². The van der Waals surface area contributed by atoms with Gasteiger partial charge in [-0.1, -0.05) is 6.08 Å². The molecule has 2 rings (SSSR count). The Morgan fingerprint density at radius 1 is 1.36 bits per heavy atom. The Morgan fingerprint density at radius 2 is 2.00 bits per heavy atom. The van der Waals surface area contributed by atoms with Crippen LogP contribution in [0.3, 0.4) is 0 Å². The fourth-order valence-electron chi connectivity index (χ4n) is 2.25. The molecule has 14 heavy (non-hydrogen) atoms. The van der Waals surface area contributed by atoms with E-state index in [1.165, 1.54) is 26.2 Å². The lowest BCUT2D eigenvalue weighted by molar-refractivity contribution is 0.0151. The zero-order valence-corrected chi connectivity index (χ0v) is 9.08. The highest BCUT2D eigenvalue weighted by atomic mass is 15.3. The molecule has 2 fully saturated rings. The Hall–Kier alpha value is -0.380. The second-order valence-electron chi connectivity index (χ2n) is 4.37. The maximum atomic E-state index is 3.84. The fraction of sp³-hybridized carbons (Fsp3) is 0.818. The molecule has 2 heterocycles. The average Bonchev–Trinajstić information content (AvgIpc) is 2.17. The molecule has 0 amide bonds. The molecule has 0 radical (unpaired) electrons. The lowest BCUT2D eigenvalue weighted by Crippen LogP contribution is -2.64. The standard InChI is InChI=1S/C11H21N3/c1-3-10(2)14-8-11(9-14)13-6-4-12-5-7-13/h3,10-12H,1,4-9H2,2H3. The van der Waals surface area contributed by atoms with Crippen LogP contribution in [0.2, 0.25) is 0 Å². The van der Waals surface area contributed by atoms with Crippen LogP contribution >= 0.6 is 0 Å². The van der Waals surface area contributed by atoms with E-state index in [2.05, 4.69) is 28.6 Å². The number of hydrogen-bond acceptors (Lipinski definition) is 3. The average molecular weight is 195 g/mol. The van der Waals surface area contributed by atoms with Crippen LogP contribution < -0.4 is 5.32 Å². The molecule has 0 saturated carbocycles. The summed E-state index contributed by atoms with van der Waals surface area (Å²) in [6.45, 7) is 13.3. The van der Waals surface area contributed by atoms with Gasteiger partial charge in [-0.3, -0.25) is 9.80 Å². The van der Waals surface area contributed by atoms with Crippen molar-refractivity contribution in [2.45, 2.75) is 19.0 Å². The monoisotopic (exact) mass is 195 g/mol. The molecule has 80 valence electrons. The van der Waals surface area contributed by atoms with Crippen molar-refractivity contribution in [2.24, 2.45) is 0 Å². The van der Waals surface area contributed by atoms with E-state index < -0.39 is 0 Å². The van der Waals surface area contributed by atoms with Gasteiger partial charge in [0, 0.05) is 51.4 Å². The summed E-state index contributed by atoms with van der Waals surface area (Å²) in [5, 5.41) is 3.39. The lowest BCUT2D eigenvalue weighted by atomic mass is 10.0. The van der Waals surface area contributed by atoms with Gasteiger partial charge in [-0.15, -0.1) is 6.58 Å². The number of piperazine rings is 1. The van der Waals surface area contributed by atoms with Crippen molar-refractivity contribution in [1.29, 1.82) is 0 Å². The van der Waals surface area contributed by atoms with Crippen LogP contribution in [0, 0.1) is 0 Å². The van der Waals surface area contributed by atoms with Gasteiger partial charge in [0.2, 0.25) is 0 Å². The minimum Gasteiger partial charge on any atom is -0.314 e. The second-order valence-corrected chi connectivity index (χ2v) is 4.37. The van der Waals surface area contributed by atoms with Crippen molar-refractivity contribution in [3.05, 3.63) is 12.7 Å². The molecular formula is C11H21N3. The molecule has 0 aliphatic carbocycles. The Kier molecular flexibility index (Phi) is 3.21. The third kappa shape index (κ3) is 2.00. The summed E-state index contributed by atoms with van der Waals surface area (Å²) in [6, 6.07) is 1.36. The maximum Gasteiger partial charge on any atom is 0.0351 e. The van der Waals surface area contributed by atoms with Crippen molar-refractivity contribution in [3.63, 3.8) is 0 Å². The first-order chi connectivity index (χ1) is 6.81. The lowest BCUT2D eigenvalue weighted by Gasteiger charge is -2.48. The third-order valence-corrected chi connectivity index (χ3v) is 3.48.